The minimum absolute atomic E-state index is 0.0508. The zero-order chi connectivity index (χ0) is 14.5. The molecule has 7 heteroatoms. The maximum Gasteiger partial charge on any atom is 0.311 e. The molecule has 2 heterocycles. The Morgan fingerprint density at radius 3 is 2.75 bits per heavy atom. The van der Waals surface area contributed by atoms with Crippen molar-refractivity contribution in [2.75, 3.05) is 30.7 Å². The van der Waals surface area contributed by atoms with Crippen LogP contribution in [0.25, 0.3) is 0 Å². The third-order valence-electron chi connectivity index (χ3n) is 3.47. The molecular weight excluding hydrogens is 258 g/mol. The largest absolute Gasteiger partial charge is 0.378 e. The van der Waals surface area contributed by atoms with E-state index < -0.39 is 4.92 Å². The van der Waals surface area contributed by atoms with Crippen molar-refractivity contribution in [2.24, 2.45) is 0 Å². The average molecular weight is 279 g/mol. The lowest BCUT2D eigenvalue weighted by molar-refractivity contribution is -0.384. The number of nitro groups is 1. The number of likely N-dealkylation sites (tertiary alicyclic amines) is 1. The van der Waals surface area contributed by atoms with E-state index in [2.05, 4.69) is 22.1 Å². The zero-order valence-corrected chi connectivity index (χ0v) is 11.7. The van der Waals surface area contributed by atoms with Gasteiger partial charge < -0.3 is 16.0 Å². The number of anilines is 2. The van der Waals surface area contributed by atoms with Gasteiger partial charge in [0.2, 0.25) is 5.82 Å². The lowest BCUT2D eigenvalue weighted by Gasteiger charge is -2.29. The van der Waals surface area contributed by atoms with Crippen LogP contribution in [0.15, 0.2) is 12.1 Å². The van der Waals surface area contributed by atoms with Gasteiger partial charge in [-0.25, -0.2) is 4.98 Å². The molecule has 0 radical (unpaired) electrons. The topological polar surface area (TPSA) is 97.3 Å². The summed E-state index contributed by atoms with van der Waals surface area (Å²) in [5.41, 5.74) is 5.43. The van der Waals surface area contributed by atoms with Gasteiger partial charge >= 0.3 is 5.69 Å². The smallest absolute Gasteiger partial charge is 0.311 e. The molecule has 3 N–H and O–H groups in total. The second-order valence-electron chi connectivity index (χ2n) is 5.26. The van der Waals surface area contributed by atoms with Gasteiger partial charge in [0.25, 0.3) is 0 Å². The van der Waals surface area contributed by atoms with Gasteiger partial charge in [-0.3, -0.25) is 10.1 Å². The SMILES string of the molecule is CC(CN1CCCCC1)Nc1ccc([N+](=O)[O-])c(N)n1. The first-order valence-electron chi connectivity index (χ1n) is 6.96. The first kappa shape index (κ1) is 14.5. The number of nitrogens with two attached hydrogens (primary N) is 1. The summed E-state index contributed by atoms with van der Waals surface area (Å²) in [4.78, 5) is 16.6. The molecular formula is C13H21N5O2. The van der Waals surface area contributed by atoms with Crippen molar-refractivity contribution < 1.29 is 4.92 Å². The summed E-state index contributed by atoms with van der Waals surface area (Å²) in [5.74, 6) is 0.530. The lowest BCUT2D eigenvalue weighted by atomic mass is 10.1. The summed E-state index contributed by atoms with van der Waals surface area (Å²) in [6.07, 6.45) is 3.84. The molecule has 110 valence electrons. The van der Waals surface area contributed by atoms with Crippen LogP contribution >= 0.6 is 0 Å². The number of hydrogen-bond acceptors (Lipinski definition) is 6. The van der Waals surface area contributed by atoms with Crippen molar-refractivity contribution in [1.82, 2.24) is 9.88 Å². The quantitative estimate of drug-likeness (QED) is 0.630. The van der Waals surface area contributed by atoms with Crippen LogP contribution in [0.1, 0.15) is 26.2 Å². The van der Waals surface area contributed by atoms with E-state index in [1.807, 2.05) is 0 Å². The van der Waals surface area contributed by atoms with Crippen molar-refractivity contribution in [1.29, 1.82) is 0 Å². The van der Waals surface area contributed by atoms with Crippen LogP contribution < -0.4 is 11.1 Å². The van der Waals surface area contributed by atoms with Gasteiger partial charge in [-0.15, -0.1) is 0 Å². The van der Waals surface area contributed by atoms with Crippen LogP contribution in [0.4, 0.5) is 17.3 Å². The molecule has 1 aromatic rings. The number of hydrogen-bond donors (Lipinski definition) is 2. The van der Waals surface area contributed by atoms with E-state index >= 15 is 0 Å². The molecule has 0 aliphatic carbocycles. The summed E-state index contributed by atoms with van der Waals surface area (Å²) < 4.78 is 0. The van der Waals surface area contributed by atoms with Crippen LogP contribution in [-0.2, 0) is 0 Å². The van der Waals surface area contributed by atoms with Gasteiger partial charge in [-0.2, -0.15) is 0 Å². The van der Waals surface area contributed by atoms with Gasteiger partial charge in [0.05, 0.1) is 4.92 Å². The Kier molecular flexibility index (Phi) is 4.73. The normalized spacial score (nSPS) is 17.6. The Hall–Kier alpha value is -1.89. The monoisotopic (exact) mass is 279 g/mol. The van der Waals surface area contributed by atoms with E-state index in [9.17, 15) is 10.1 Å². The Labute approximate surface area is 118 Å². The van der Waals surface area contributed by atoms with E-state index in [0.717, 1.165) is 19.6 Å². The first-order valence-corrected chi connectivity index (χ1v) is 6.96. The highest BCUT2D eigenvalue weighted by Crippen LogP contribution is 2.21. The number of nitrogens with one attached hydrogen (secondary N) is 1. The molecule has 20 heavy (non-hydrogen) atoms. The number of nitrogens with zero attached hydrogens (tertiary/aromatic N) is 3. The first-order chi connectivity index (χ1) is 9.56. The molecule has 1 aliphatic rings. The second-order valence-corrected chi connectivity index (χ2v) is 5.26. The van der Waals surface area contributed by atoms with Crippen LogP contribution in [0.5, 0.6) is 0 Å². The number of rotatable bonds is 5. The lowest BCUT2D eigenvalue weighted by Crippen LogP contribution is -2.38. The average Bonchev–Trinajstić information content (AvgIpc) is 2.39. The fraction of sp³-hybridized carbons (Fsp3) is 0.615. The summed E-state index contributed by atoms with van der Waals surface area (Å²) >= 11 is 0. The molecule has 0 saturated carbocycles. The zero-order valence-electron chi connectivity index (χ0n) is 11.7. The number of pyridine rings is 1. The summed E-state index contributed by atoms with van der Waals surface area (Å²) in [6, 6.07) is 3.21. The van der Waals surface area contributed by atoms with E-state index in [1.54, 1.807) is 6.07 Å². The molecule has 1 unspecified atom stereocenters. The Morgan fingerprint density at radius 2 is 2.15 bits per heavy atom. The van der Waals surface area contributed by atoms with E-state index in [4.69, 9.17) is 5.73 Å². The van der Waals surface area contributed by atoms with Gasteiger partial charge in [0.1, 0.15) is 5.82 Å². The minimum atomic E-state index is -0.525. The number of nitrogen functional groups attached to an aromatic ring is 1. The molecule has 0 amide bonds. The van der Waals surface area contributed by atoms with Crippen molar-refractivity contribution in [2.45, 2.75) is 32.2 Å². The highest BCUT2D eigenvalue weighted by Gasteiger charge is 2.16. The highest BCUT2D eigenvalue weighted by atomic mass is 16.6. The second kappa shape index (κ2) is 6.51. The maximum atomic E-state index is 10.7. The Morgan fingerprint density at radius 1 is 1.45 bits per heavy atom. The van der Waals surface area contributed by atoms with E-state index in [-0.39, 0.29) is 17.5 Å². The predicted molar refractivity (Wildman–Crippen MR) is 78.7 cm³/mol. The molecule has 1 atom stereocenters. The fourth-order valence-corrected chi connectivity index (χ4v) is 2.53. The number of piperidine rings is 1. The minimum Gasteiger partial charge on any atom is -0.378 e. The molecule has 0 aromatic carbocycles. The molecule has 1 fully saturated rings. The summed E-state index contributed by atoms with van der Waals surface area (Å²) in [6.45, 7) is 5.30. The van der Waals surface area contributed by atoms with Crippen LogP contribution in [0.3, 0.4) is 0 Å². The van der Waals surface area contributed by atoms with E-state index in [0.29, 0.717) is 5.82 Å². The van der Waals surface area contributed by atoms with Gasteiger partial charge in [0.15, 0.2) is 0 Å². The van der Waals surface area contributed by atoms with Crippen LogP contribution in [0.2, 0.25) is 0 Å². The van der Waals surface area contributed by atoms with Crippen molar-refractivity contribution in [3.8, 4) is 0 Å². The van der Waals surface area contributed by atoms with E-state index in [1.165, 1.54) is 25.3 Å². The number of aromatic nitrogens is 1. The van der Waals surface area contributed by atoms with Crippen LogP contribution in [0, 0.1) is 10.1 Å². The Balaban J connectivity index is 1.92. The van der Waals surface area contributed by atoms with Crippen LogP contribution in [-0.4, -0.2) is 40.5 Å². The molecule has 0 spiro atoms. The Bertz CT molecular complexity index is 474. The molecule has 0 bridgehead atoms. The van der Waals surface area contributed by atoms with Gasteiger partial charge in [-0.05, 0) is 38.9 Å². The van der Waals surface area contributed by atoms with Gasteiger partial charge in [-0.1, -0.05) is 6.42 Å². The summed E-state index contributed by atoms with van der Waals surface area (Å²) in [7, 11) is 0. The molecule has 1 aliphatic heterocycles. The molecule has 7 nitrogen and oxygen atoms in total. The molecule has 1 saturated heterocycles. The van der Waals surface area contributed by atoms with Crippen molar-refractivity contribution in [3.63, 3.8) is 0 Å². The molecule has 1 aromatic heterocycles. The standard InChI is InChI=1S/C13H21N5O2/c1-10(9-17-7-3-2-4-8-17)15-12-6-5-11(18(19)20)13(14)16-12/h5-6,10H,2-4,7-9H2,1H3,(H3,14,15,16). The van der Waals surface area contributed by atoms with Gasteiger partial charge in [0, 0.05) is 18.7 Å². The molecule has 2 rings (SSSR count). The van der Waals surface area contributed by atoms with Crippen molar-refractivity contribution in [3.05, 3.63) is 22.2 Å². The maximum absolute atomic E-state index is 10.7. The van der Waals surface area contributed by atoms with Crippen molar-refractivity contribution >= 4 is 17.3 Å². The predicted octanol–water partition coefficient (Wildman–Crippen LogP) is 1.86. The third kappa shape index (κ3) is 3.80. The highest BCUT2D eigenvalue weighted by molar-refractivity contribution is 5.57. The summed E-state index contributed by atoms with van der Waals surface area (Å²) in [5, 5.41) is 13.9. The fourth-order valence-electron chi connectivity index (χ4n) is 2.53. The third-order valence-corrected chi connectivity index (χ3v) is 3.47.